The quantitative estimate of drug-likeness (QED) is 0.758. The molecule has 0 unspecified atom stereocenters. The van der Waals surface area contributed by atoms with E-state index in [0.29, 0.717) is 23.2 Å². The van der Waals surface area contributed by atoms with Gasteiger partial charge in [-0.15, -0.1) is 0 Å². The van der Waals surface area contributed by atoms with Crippen LogP contribution in [0.25, 0.3) is 0 Å². The number of anilines is 1. The Hall–Kier alpha value is -2.16. The molecule has 0 amide bonds. The Labute approximate surface area is 128 Å². The summed E-state index contributed by atoms with van der Waals surface area (Å²) in [5.74, 6) is -0.530. The molecular formula is C12H14BrN5O3. The summed E-state index contributed by atoms with van der Waals surface area (Å²) < 4.78 is 7.78. The monoisotopic (exact) mass is 355 g/mol. The fraction of sp³-hybridized carbons (Fsp3) is 0.333. The minimum atomic E-state index is -0.530. The van der Waals surface area contributed by atoms with Gasteiger partial charge in [-0.3, -0.25) is 9.59 Å². The lowest BCUT2D eigenvalue weighted by Gasteiger charge is -2.10. The highest BCUT2D eigenvalue weighted by molar-refractivity contribution is 9.10. The van der Waals surface area contributed by atoms with Crippen LogP contribution >= 0.6 is 15.9 Å². The molecule has 1 N–H and O–H groups in total. The largest absolute Gasteiger partial charge is 0.468 e. The third-order valence-electron chi connectivity index (χ3n) is 2.74. The van der Waals surface area contributed by atoms with Crippen LogP contribution in [0.4, 0.5) is 5.69 Å². The van der Waals surface area contributed by atoms with Gasteiger partial charge in [0.25, 0.3) is 5.56 Å². The van der Waals surface area contributed by atoms with Crippen LogP contribution in [0.15, 0.2) is 34.2 Å². The first kappa shape index (κ1) is 15.2. The lowest BCUT2D eigenvalue weighted by atomic mass is 10.4. The van der Waals surface area contributed by atoms with E-state index in [2.05, 4.69) is 36.1 Å². The molecule has 0 spiro atoms. The number of rotatable bonds is 6. The molecule has 0 atom stereocenters. The Morgan fingerprint density at radius 2 is 2.33 bits per heavy atom. The van der Waals surface area contributed by atoms with Crippen molar-refractivity contribution in [3.05, 3.63) is 39.7 Å². The van der Waals surface area contributed by atoms with E-state index in [4.69, 9.17) is 0 Å². The lowest BCUT2D eigenvalue weighted by molar-refractivity contribution is -0.141. The van der Waals surface area contributed by atoms with Gasteiger partial charge in [0.05, 0.1) is 25.3 Å². The van der Waals surface area contributed by atoms with Gasteiger partial charge in [-0.25, -0.2) is 9.67 Å². The number of hydrogen-bond acceptors (Lipinski definition) is 6. The Balaban J connectivity index is 2.02. The number of carbonyl (C=O) groups is 1. The van der Waals surface area contributed by atoms with E-state index in [-0.39, 0.29) is 6.54 Å². The van der Waals surface area contributed by atoms with Crippen molar-refractivity contribution in [3.8, 4) is 0 Å². The number of carbonyl (C=O) groups excluding carboxylic acids is 1. The second-order valence-corrected chi connectivity index (χ2v) is 4.93. The molecular weight excluding hydrogens is 342 g/mol. The molecule has 21 heavy (non-hydrogen) atoms. The van der Waals surface area contributed by atoms with Gasteiger partial charge < -0.3 is 14.6 Å². The predicted molar refractivity (Wildman–Crippen MR) is 78.9 cm³/mol. The first-order valence-corrected chi connectivity index (χ1v) is 6.93. The molecule has 0 aliphatic carbocycles. The Morgan fingerprint density at radius 3 is 3.00 bits per heavy atom. The maximum atomic E-state index is 12.0. The van der Waals surface area contributed by atoms with E-state index < -0.39 is 11.5 Å². The van der Waals surface area contributed by atoms with Crippen LogP contribution in [0.2, 0.25) is 0 Å². The van der Waals surface area contributed by atoms with Gasteiger partial charge in [-0.1, -0.05) is 0 Å². The average Bonchev–Trinajstić information content (AvgIpc) is 2.99. The molecule has 0 saturated carbocycles. The van der Waals surface area contributed by atoms with Crippen molar-refractivity contribution in [2.75, 3.05) is 19.0 Å². The van der Waals surface area contributed by atoms with Crippen LogP contribution in [0, 0.1) is 0 Å². The van der Waals surface area contributed by atoms with Crippen LogP contribution in [-0.2, 0) is 22.6 Å². The van der Waals surface area contributed by atoms with Gasteiger partial charge >= 0.3 is 5.97 Å². The molecule has 0 aromatic carbocycles. The molecule has 0 radical (unpaired) electrons. The van der Waals surface area contributed by atoms with Crippen LogP contribution < -0.4 is 10.9 Å². The van der Waals surface area contributed by atoms with E-state index in [9.17, 15) is 9.59 Å². The summed E-state index contributed by atoms with van der Waals surface area (Å²) in [6.07, 6.45) is 6.75. The van der Waals surface area contributed by atoms with E-state index in [1.165, 1.54) is 13.3 Å². The zero-order chi connectivity index (χ0) is 15.2. The Bertz CT molecular complexity index is 668. The second kappa shape index (κ2) is 7.02. The normalized spacial score (nSPS) is 10.4. The fourth-order valence-corrected chi connectivity index (χ4v) is 2.07. The first-order chi connectivity index (χ1) is 10.1. The smallest absolute Gasteiger partial charge is 0.327 e. The Kier molecular flexibility index (Phi) is 5.09. The van der Waals surface area contributed by atoms with Crippen molar-refractivity contribution in [3.63, 3.8) is 0 Å². The number of methoxy groups -OCH3 is 1. The molecule has 0 bridgehead atoms. The minimum Gasteiger partial charge on any atom is -0.468 e. The zero-order valence-corrected chi connectivity index (χ0v) is 12.9. The molecule has 0 aliphatic rings. The summed E-state index contributed by atoms with van der Waals surface area (Å²) in [7, 11) is 1.26. The number of hydrogen-bond donors (Lipinski definition) is 1. The number of esters is 1. The number of nitrogens with zero attached hydrogens (tertiary/aromatic N) is 4. The number of ether oxygens (including phenoxy) is 1. The predicted octanol–water partition coefficient (Wildman–Crippen LogP) is 0.487. The van der Waals surface area contributed by atoms with Gasteiger partial charge in [-0.2, -0.15) is 5.10 Å². The maximum absolute atomic E-state index is 12.0. The highest BCUT2D eigenvalue weighted by atomic mass is 79.9. The lowest BCUT2D eigenvalue weighted by Crippen LogP contribution is -2.28. The highest BCUT2D eigenvalue weighted by Gasteiger charge is 2.11. The van der Waals surface area contributed by atoms with Gasteiger partial charge in [0.15, 0.2) is 0 Å². The van der Waals surface area contributed by atoms with Gasteiger partial charge in [-0.05, 0) is 15.9 Å². The van der Waals surface area contributed by atoms with E-state index in [1.807, 2.05) is 10.8 Å². The molecule has 2 aromatic rings. The molecule has 0 saturated heterocycles. The summed E-state index contributed by atoms with van der Waals surface area (Å²) >= 11 is 3.21. The molecule has 8 nitrogen and oxygen atoms in total. The highest BCUT2D eigenvalue weighted by Crippen LogP contribution is 2.15. The molecule has 2 aromatic heterocycles. The summed E-state index contributed by atoms with van der Waals surface area (Å²) in [4.78, 5) is 27.1. The molecule has 0 fully saturated rings. The third kappa shape index (κ3) is 3.91. The summed E-state index contributed by atoms with van der Waals surface area (Å²) in [5.41, 5.74) is 0.175. The number of nitrogens with one attached hydrogen (secondary N) is 1. The van der Waals surface area contributed by atoms with Crippen molar-refractivity contribution in [1.82, 2.24) is 19.3 Å². The topological polar surface area (TPSA) is 91.0 Å². The van der Waals surface area contributed by atoms with Crippen LogP contribution in [0.3, 0.4) is 0 Å². The van der Waals surface area contributed by atoms with Crippen LogP contribution in [0.1, 0.15) is 0 Å². The van der Waals surface area contributed by atoms with Crippen molar-refractivity contribution >= 4 is 27.6 Å². The van der Waals surface area contributed by atoms with Crippen molar-refractivity contribution in [2.45, 2.75) is 13.1 Å². The average molecular weight is 356 g/mol. The summed E-state index contributed by atoms with van der Waals surface area (Å²) in [6, 6.07) is 0. The van der Waals surface area contributed by atoms with E-state index in [1.54, 1.807) is 12.5 Å². The third-order valence-corrected chi connectivity index (χ3v) is 3.50. The Morgan fingerprint density at radius 1 is 1.52 bits per heavy atom. The van der Waals surface area contributed by atoms with Crippen LogP contribution in [0.5, 0.6) is 0 Å². The number of halogens is 1. The fourth-order valence-electron chi connectivity index (χ4n) is 1.63. The van der Waals surface area contributed by atoms with Gasteiger partial charge in [0.1, 0.15) is 11.0 Å². The maximum Gasteiger partial charge on any atom is 0.327 e. The van der Waals surface area contributed by atoms with Crippen LogP contribution in [-0.4, -0.2) is 39.0 Å². The van der Waals surface area contributed by atoms with Gasteiger partial charge in [0.2, 0.25) is 0 Å². The molecule has 0 aliphatic heterocycles. The summed E-state index contributed by atoms with van der Waals surface area (Å²) in [5, 5.41) is 7.03. The second-order valence-electron chi connectivity index (χ2n) is 4.14. The van der Waals surface area contributed by atoms with E-state index in [0.717, 1.165) is 4.68 Å². The first-order valence-electron chi connectivity index (χ1n) is 6.14. The molecule has 9 heteroatoms. The molecule has 112 valence electrons. The molecule has 2 rings (SSSR count). The number of aromatic nitrogens is 4. The number of imidazole rings is 1. The minimum absolute atomic E-state index is 0.219. The van der Waals surface area contributed by atoms with Crippen molar-refractivity contribution in [2.24, 2.45) is 0 Å². The van der Waals surface area contributed by atoms with E-state index >= 15 is 0 Å². The molecule has 2 heterocycles. The SMILES string of the molecule is COC(=O)Cn1ncc(NCCn2ccnc2)c(Br)c1=O. The standard InChI is InChI=1S/C12H14BrN5O3/c1-21-10(19)7-18-12(20)11(13)9(6-16-18)15-3-5-17-4-2-14-8-17/h2,4,6,8,15H,3,5,7H2,1H3. The van der Waals surface area contributed by atoms with Gasteiger partial charge in [0, 0.05) is 25.5 Å². The zero-order valence-electron chi connectivity index (χ0n) is 11.3. The van der Waals surface area contributed by atoms with Crippen molar-refractivity contribution < 1.29 is 9.53 Å². The summed E-state index contributed by atoms with van der Waals surface area (Å²) in [6.45, 7) is 1.10. The van der Waals surface area contributed by atoms with Crippen molar-refractivity contribution in [1.29, 1.82) is 0 Å².